The zero-order chi connectivity index (χ0) is 12.8. The van der Waals surface area contributed by atoms with Crippen LogP contribution in [0.1, 0.15) is 19.7 Å². The minimum absolute atomic E-state index is 0.378. The Bertz CT molecular complexity index is 406. The van der Waals surface area contributed by atoms with Gasteiger partial charge in [-0.15, -0.1) is 5.10 Å². The number of imide groups is 1. The third-order valence-corrected chi connectivity index (χ3v) is 2.92. The number of hydrogen-bond donors (Lipinski definition) is 3. The lowest BCUT2D eigenvalue weighted by molar-refractivity contribution is -0.119. The molecule has 0 radical (unpaired) electrons. The zero-order valence-corrected chi connectivity index (χ0v) is 10.7. The van der Waals surface area contributed by atoms with Gasteiger partial charge in [0.1, 0.15) is 5.82 Å². The van der Waals surface area contributed by atoms with Crippen molar-refractivity contribution >= 4 is 23.7 Å². The summed E-state index contributed by atoms with van der Waals surface area (Å²) in [6.45, 7) is 3.64. The zero-order valence-electron chi connectivity index (χ0n) is 9.90. The molecule has 0 spiro atoms. The molecule has 8 heteroatoms. The van der Waals surface area contributed by atoms with Crippen LogP contribution in [-0.4, -0.2) is 39.4 Å². The van der Waals surface area contributed by atoms with Crippen LogP contribution in [0.3, 0.4) is 0 Å². The molecule has 0 fully saturated rings. The molecule has 0 saturated carbocycles. The van der Waals surface area contributed by atoms with Gasteiger partial charge < -0.3 is 5.32 Å². The molecule has 7 nitrogen and oxygen atoms in total. The smallest absolute Gasteiger partial charge is 0.321 e. The van der Waals surface area contributed by atoms with Gasteiger partial charge in [0.15, 0.2) is 0 Å². The van der Waals surface area contributed by atoms with Gasteiger partial charge in [0.25, 0.3) is 0 Å². The predicted octanol–water partition coefficient (Wildman–Crippen LogP) is 0.303. The van der Waals surface area contributed by atoms with Gasteiger partial charge in [-0.05, 0) is 6.92 Å². The third-order valence-electron chi connectivity index (χ3n) is 1.96. The lowest BCUT2D eigenvalue weighted by Crippen LogP contribution is -2.41. The van der Waals surface area contributed by atoms with Crippen LogP contribution in [0.25, 0.3) is 0 Å². The van der Waals surface area contributed by atoms with Crippen LogP contribution < -0.4 is 10.6 Å². The molecule has 1 rings (SSSR count). The Kier molecular flexibility index (Phi) is 4.95. The van der Waals surface area contributed by atoms with E-state index in [9.17, 15) is 9.59 Å². The summed E-state index contributed by atoms with van der Waals surface area (Å²) in [6.07, 6.45) is 0.756. The SMILES string of the molecule is CCc1nc(SC(C)C(=O)NC(=O)NC)n[nH]1. The summed E-state index contributed by atoms with van der Waals surface area (Å²) in [5.41, 5.74) is 0. The number of carbonyl (C=O) groups is 2. The van der Waals surface area contributed by atoms with Gasteiger partial charge in [-0.2, -0.15) is 0 Å². The summed E-state index contributed by atoms with van der Waals surface area (Å²) in [5, 5.41) is 11.3. The molecule has 1 heterocycles. The minimum atomic E-state index is -0.522. The quantitative estimate of drug-likeness (QED) is 0.674. The molecule has 0 aliphatic heterocycles. The number of nitrogens with zero attached hydrogens (tertiary/aromatic N) is 2. The number of H-pyrrole nitrogens is 1. The highest BCUT2D eigenvalue weighted by Gasteiger charge is 2.18. The first-order valence-electron chi connectivity index (χ1n) is 5.17. The second-order valence-corrected chi connectivity index (χ2v) is 4.55. The van der Waals surface area contributed by atoms with Crippen molar-refractivity contribution in [3.63, 3.8) is 0 Å². The molecule has 0 bridgehead atoms. The molecule has 1 aromatic heterocycles. The molecule has 1 unspecified atom stereocenters. The van der Waals surface area contributed by atoms with E-state index in [-0.39, 0.29) is 5.91 Å². The van der Waals surface area contributed by atoms with Crippen LogP contribution in [0, 0.1) is 0 Å². The van der Waals surface area contributed by atoms with Crippen LogP contribution in [0.15, 0.2) is 5.16 Å². The van der Waals surface area contributed by atoms with Crippen molar-refractivity contribution in [1.29, 1.82) is 0 Å². The average Bonchev–Trinajstić information content (AvgIpc) is 2.76. The molecule has 0 aliphatic carbocycles. The molecule has 17 heavy (non-hydrogen) atoms. The van der Waals surface area contributed by atoms with Crippen LogP contribution in [-0.2, 0) is 11.2 Å². The summed E-state index contributed by atoms with van der Waals surface area (Å²) in [4.78, 5) is 26.6. The molecule has 1 aromatic rings. The lowest BCUT2D eigenvalue weighted by Gasteiger charge is -2.08. The van der Waals surface area contributed by atoms with Crippen molar-refractivity contribution in [1.82, 2.24) is 25.8 Å². The fraction of sp³-hybridized carbons (Fsp3) is 0.556. The maximum absolute atomic E-state index is 11.5. The number of aryl methyl sites for hydroxylation is 1. The fourth-order valence-electron chi connectivity index (χ4n) is 0.976. The average molecular weight is 257 g/mol. The fourth-order valence-corrected chi connectivity index (χ4v) is 1.72. The number of aromatic nitrogens is 3. The van der Waals surface area contributed by atoms with Crippen molar-refractivity contribution < 1.29 is 9.59 Å². The van der Waals surface area contributed by atoms with Crippen molar-refractivity contribution in [2.75, 3.05) is 7.05 Å². The van der Waals surface area contributed by atoms with Crippen molar-refractivity contribution in [3.05, 3.63) is 5.82 Å². The predicted molar refractivity (Wildman–Crippen MR) is 63.7 cm³/mol. The van der Waals surface area contributed by atoms with Gasteiger partial charge in [0.05, 0.1) is 5.25 Å². The third kappa shape index (κ3) is 4.06. The Labute approximate surface area is 103 Å². The van der Waals surface area contributed by atoms with E-state index < -0.39 is 11.3 Å². The number of thioether (sulfide) groups is 1. The highest BCUT2D eigenvalue weighted by atomic mass is 32.2. The lowest BCUT2D eigenvalue weighted by atomic mass is 10.4. The summed E-state index contributed by atoms with van der Waals surface area (Å²) in [5.74, 6) is 0.392. The maximum atomic E-state index is 11.5. The molecule has 0 aromatic carbocycles. The first kappa shape index (κ1) is 13.5. The van der Waals surface area contributed by atoms with Gasteiger partial charge >= 0.3 is 6.03 Å². The topological polar surface area (TPSA) is 99.8 Å². The first-order valence-corrected chi connectivity index (χ1v) is 6.05. The van der Waals surface area contributed by atoms with Gasteiger partial charge in [0, 0.05) is 13.5 Å². The standard InChI is InChI=1S/C9H15N5O2S/c1-4-6-11-9(14-13-6)17-5(2)7(15)12-8(16)10-3/h5H,4H2,1-3H3,(H,11,13,14)(H2,10,12,15,16). The van der Waals surface area contributed by atoms with Crippen molar-refractivity contribution in [2.45, 2.75) is 30.7 Å². The van der Waals surface area contributed by atoms with Crippen LogP contribution in [0.4, 0.5) is 4.79 Å². The number of aromatic amines is 1. The number of rotatable bonds is 4. The van der Waals surface area contributed by atoms with Crippen LogP contribution >= 0.6 is 11.8 Å². The Morgan fingerprint density at radius 2 is 2.24 bits per heavy atom. The van der Waals surface area contributed by atoms with E-state index in [1.165, 1.54) is 18.8 Å². The van der Waals surface area contributed by atoms with E-state index in [4.69, 9.17) is 0 Å². The van der Waals surface area contributed by atoms with E-state index in [1.54, 1.807) is 6.92 Å². The molecular formula is C9H15N5O2S. The van der Waals surface area contributed by atoms with Crippen LogP contribution in [0.5, 0.6) is 0 Å². The summed E-state index contributed by atoms with van der Waals surface area (Å²) < 4.78 is 0. The summed E-state index contributed by atoms with van der Waals surface area (Å²) in [6, 6.07) is -0.522. The number of carbonyl (C=O) groups excluding carboxylic acids is 2. The second-order valence-electron chi connectivity index (χ2n) is 3.25. The Hall–Kier alpha value is -1.57. The normalized spacial score (nSPS) is 11.9. The largest absolute Gasteiger partial charge is 0.341 e. The van der Waals surface area contributed by atoms with E-state index in [1.807, 2.05) is 6.92 Å². The molecule has 0 saturated heterocycles. The first-order chi connectivity index (χ1) is 8.06. The monoisotopic (exact) mass is 257 g/mol. The van der Waals surface area contributed by atoms with Crippen molar-refractivity contribution in [3.8, 4) is 0 Å². The number of urea groups is 1. The molecule has 0 aliphatic rings. The Morgan fingerprint density at radius 3 is 2.76 bits per heavy atom. The molecule has 94 valence electrons. The van der Waals surface area contributed by atoms with Crippen LogP contribution in [0.2, 0.25) is 0 Å². The second kappa shape index (κ2) is 6.24. The summed E-state index contributed by atoms with van der Waals surface area (Å²) in [7, 11) is 1.45. The number of amides is 3. The van der Waals surface area contributed by atoms with E-state index >= 15 is 0 Å². The highest BCUT2D eigenvalue weighted by molar-refractivity contribution is 8.00. The van der Waals surface area contributed by atoms with Crippen molar-refractivity contribution in [2.24, 2.45) is 0 Å². The Balaban J connectivity index is 2.50. The van der Waals surface area contributed by atoms with E-state index in [0.717, 1.165) is 12.2 Å². The molecule has 1 atom stereocenters. The van der Waals surface area contributed by atoms with Gasteiger partial charge in [-0.25, -0.2) is 9.78 Å². The van der Waals surface area contributed by atoms with E-state index in [2.05, 4.69) is 25.8 Å². The molecule has 3 amide bonds. The minimum Gasteiger partial charge on any atom is -0.341 e. The number of nitrogens with one attached hydrogen (secondary N) is 3. The highest BCUT2D eigenvalue weighted by Crippen LogP contribution is 2.18. The summed E-state index contributed by atoms with van der Waals surface area (Å²) >= 11 is 1.19. The molecular weight excluding hydrogens is 242 g/mol. The molecule has 3 N–H and O–H groups in total. The maximum Gasteiger partial charge on any atom is 0.321 e. The van der Waals surface area contributed by atoms with Gasteiger partial charge in [-0.1, -0.05) is 18.7 Å². The van der Waals surface area contributed by atoms with E-state index in [0.29, 0.717) is 5.16 Å². The van der Waals surface area contributed by atoms with Gasteiger partial charge in [-0.3, -0.25) is 15.2 Å². The van der Waals surface area contributed by atoms with Gasteiger partial charge in [0.2, 0.25) is 11.1 Å². The Morgan fingerprint density at radius 1 is 1.53 bits per heavy atom. The number of hydrogen-bond acceptors (Lipinski definition) is 5.